The Morgan fingerprint density at radius 3 is 2.70 bits per heavy atom. The Kier molecular flexibility index (Phi) is 4.20. The lowest BCUT2D eigenvalue weighted by molar-refractivity contribution is -0.136. The summed E-state index contributed by atoms with van der Waals surface area (Å²) in [7, 11) is 0. The molecule has 1 aromatic carbocycles. The molecule has 0 bridgehead atoms. The van der Waals surface area contributed by atoms with Crippen LogP contribution in [0.25, 0.3) is 5.70 Å². The van der Waals surface area contributed by atoms with Crippen molar-refractivity contribution in [3.05, 3.63) is 52.7 Å². The highest BCUT2D eigenvalue weighted by molar-refractivity contribution is 8.03. The molecule has 118 valence electrons. The van der Waals surface area contributed by atoms with E-state index < -0.39 is 11.3 Å². The Bertz CT molecular complexity index is 771. The first-order chi connectivity index (χ1) is 11.0. The molecule has 0 saturated heterocycles. The van der Waals surface area contributed by atoms with Gasteiger partial charge in [-0.25, -0.2) is 14.8 Å². The zero-order chi connectivity index (χ0) is 16.4. The van der Waals surface area contributed by atoms with Crippen molar-refractivity contribution in [3.8, 4) is 0 Å². The number of nitrogens with zero attached hydrogens (tertiary/aromatic N) is 2. The number of carbonyl (C=O) groups is 1. The van der Waals surface area contributed by atoms with Gasteiger partial charge in [-0.3, -0.25) is 0 Å². The van der Waals surface area contributed by atoms with Crippen molar-refractivity contribution in [2.45, 2.75) is 19.2 Å². The van der Waals surface area contributed by atoms with E-state index in [4.69, 9.17) is 5.11 Å². The molecule has 1 atom stereocenters. The Balaban J connectivity index is 1.79. The molecule has 3 rings (SSSR count). The van der Waals surface area contributed by atoms with Crippen molar-refractivity contribution in [1.29, 1.82) is 0 Å². The molecule has 0 spiro atoms. The van der Waals surface area contributed by atoms with Gasteiger partial charge in [0.2, 0.25) is 5.95 Å². The first-order valence-electron chi connectivity index (χ1n) is 7.05. The zero-order valence-corrected chi connectivity index (χ0v) is 13.5. The van der Waals surface area contributed by atoms with Crippen LogP contribution >= 0.6 is 11.8 Å². The molecule has 3 N–H and O–H groups in total. The fraction of sp³-hybridized carbons (Fsp3) is 0.188. The molecule has 6 nitrogen and oxygen atoms in total. The third-order valence-corrected chi connectivity index (χ3v) is 4.21. The monoisotopic (exact) mass is 328 g/mol. The van der Waals surface area contributed by atoms with E-state index in [-0.39, 0.29) is 0 Å². The van der Waals surface area contributed by atoms with Gasteiger partial charge in [-0.1, -0.05) is 17.8 Å². The van der Waals surface area contributed by atoms with Gasteiger partial charge in [0.1, 0.15) is 0 Å². The van der Waals surface area contributed by atoms with E-state index in [0.717, 1.165) is 16.8 Å². The number of aliphatic carboxylic acids is 1. The molecule has 0 saturated carbocycles. The lowest BCUT2D eigenvalue weighted by Crippen LogP contribution is -2.28. The van der Waals surface area contributed by atoms with E-state index in [1.165, 1.54) is 11.8 Å². The predicted octanol–water partition coefficient (Wildman–Crippen LogP) is 2.88. The second kappa shape index (κ2) is 6.29. The topological polar surface area (TPSA) is 87.1 Å². The van der Waals surface area contributed by atoms with E-state index in [1.54, 1.807) is 17.7 Å². The highest BCUT2D eigenvalue weighted by atomic mass is 32.2. The first-order valence-corrected chi connectivity index (χ1v) is 7.99. The summed E-state index contributed by atoms with van der Waals surface area (Å²) in [6.07, 6.45) is 1.65. The second-order valence-corrected chi connectivity index (χ2v) is 6.28. The van der Waals surface area contributed by atoms with Crippen LogP contribution in [-0.2, 0) is 4.79 Å². The zero-order valence-electron chi connectivity index (χ0n) is 12.7. The fourth-order valence-corrected chi connectivity index (χ4v) is 3.12. The molecule has 0 amide bonds. The number of aryl methyl sites for hydroxylation is 2. The van der Waals surface area contributed by atoms with Gasteiger partial charge in [0.05, 0.1) is 11.4 Å². The van der Waals surface area contributed by atoms with Crippen LogP contribution in [0.15, 0.2) is 35.9 Å². The Morgan fingerprint density at radius 1 is 1.30 bits per heavy atom. The van der Waals surface area contributed by atoms with Gasteiger partial charge >= 0.3 is 5.97 Å². The van der Waals surface area contributed by atoms with Gasteiger partial charge in [-0.15, -0.1) is 0 Å². The van der Waals surface area contributed by atoms with Crippen LogP contribution in [0.3, 0.4) is 0 Å². The number of anilines is 2. The number of carboxylic acids is 1. The van der Waals surface area contributed by atoms with Crippen molar-refractivity contribution in [2.24, 2.45) is 0 Å². The summed E-state index contributed by atoms with van der Waals surface area (Å²) in [6.45, 7) is 4.07. The third kappa shape index (κ3) is 3.62. The normalized spacial score (nSPS) is 16.6. The Hall–Kier alpha value is -2.54. The van der Waals surface area contributed by atoms with E-state index >= 15 is 0 Å². The standard InChI is InChI=1S/C16H16N4O2S/c1-9-5-10(2)7-11(6-9)18-16-17-4-3-12(20-16)13-8-23-14(19-13)15(21)22/h3-8,14,19H,1-2H3,(H,21,22)(H,17,18,20). The van der Waals surface area contributed by atoms with E-state index in [0.29, 0.717) is 17.3 Å². The Labute approximate surface area is 138 Å². The van der Waals surface area contributed by atoms with E-state index in [2.05, 4.69) is 26.7 Å². The van der Waals surface area contributed by atoms with Crippen LogP contribution in [0.2, 0.25) is 0 Å². The maximum atomic E-state index is 11.0. The summed E-state index contributed by atoms with van der Waals surface area (Å²) in [5, 5.41) is 16.2. The van der Waals surface area contributed by atoms with Crippen LogP contribution in [0.1, 0.15) is 16.8 Å². The summed E-state index contributed by atoms with van der Waals surface area (Å²) >= 11 is 1.21. The number of nitrogens with one attached hydrogen (secondary N) is 2. The molecular weight excluding hydrogens is 312 g/mol. The number of aromatic nitrogens is 2. The summed E-state index contributed by atoms with van der Waals surface area (Å²) < 4.78 is 0. The number of carboxylic acid groups (broad SMARTS) is 1. The van der Waals surface area contributed by atoms with Crippen LogP contribution in [0.4, 0.5) is 11.6 Å². The summed E-state index contributed by atoms with van der Waals surface area (Å²) in [6, 6.07) is 7.88. The molecule has 0 radical (unpaired) electrons. The Morgan fingerprint density at radius 2 is 2.04 bits per heavy atom. The van der Waals surface area contributed by atoms with Gasteiger partial charge in [0.25, 0.3) is 0 Å². The molecule has 0 aliphatic carbocycles. The number of rotatable bonds is 4. The molecule has 1 aliphatic heterocycles. The average Bonchev–Trinajstić information content (AvgIpc) is 2.96. The highest BCUT2D eigenvalue weighted by Gasteiger charge is 2.24. The van der Waals surface area contributed by atoms with Crippen LogP contribution < -0.4 is 10.6 Å². The van der Waals surface area contributed by atoms with E-state index in [9.17, 15) is 4.79 Å². The van der Waals surface area contributed by atoms with Gasteiger partial charge in [0.15, 0.2) is 5.37 Å². The maximum absolute atomic E-state index is 11.0. The predicted molar refractivity (Wildman–Crippen MR) is 91.4 cm³/mol. The maximum Gasteiger partial charge on any atom is 0.337 e. The smallest absolute Gasteiger partial charge is 0.337 e. The summed E-state index contributed by atoms with van der Waals surface area (Å²) in [5.41, 5.74) is 4.58. The molecule has 7 heteroatoms. The minimum Gasteiger partial charge on any atom is -0.479 e. The lowest BCUT2D eigenvalue weighted by atomic mass is 10.1. The van der Waals surface area contributed by atoms with Crippen molar-refractivity contribution >= 4 is 35.1 Å². The number of thioether (sulfide) groups is 1. The van der Waals surface area contributed by atoms with Crippen LogP contribution in [0, 0.1) is 13.8 Å². The molecule has 0 fully saturated rings. The minimum atomic E-state index is -0.899. The first kappa shape index (κ1) is 15.4. The molecule has 1 unspecified atom stereocenters. The van der Waals surface area contributed by atoms with Crippen molar-refractivity contribution < 1.29 is 9.90 Å². The van der Waals surface area contributed by atoms with Gasteiger partial charge < -0.3 is 15.7 Å². The number of hydrogen-bond donors (Lipinski definition) is 3. The van der Waals surface area contributed by atoms with Crippen molar-refractivity contribution in [3.63, 3.8) is 0 Å². The molecule has 2 aromatic rings. The van der Waals surface area contributed by atoms with Crippen molar-refractivity contribution in [1.82, 2.24) is 15.3 Å². The number of hydrogen-bond acceptors (Lipinski definition) is 6. The van der Waals surface area contributed by atoms with Crippen LogP contribution in [-0.4, -0.2) is 26.4 Å². The number of benzene rings is 1. The quantitative estimate of drug-likeness (QED) is 0.795. The fourth-order valence-electron chi connectivity index (χ4n) is 2.34. The lowest BCUT2D eigenvalue weighted by Gasteiger charge is -2.10. The molecule has 1 aliphatic rings. The molecule has 2 heterocycles. The minimum absolute atomic E-state index is 0.471. The van der Waals surface area contributed by atoms with E-state index in [1.807, 2.05) is 26.0 Å². The summed E-state index contributed by atoms with van der Waals surface area (Å²) in [4.78, 5) is 19.7. The largest absolute Gasteiger partial charge is 0.479 e. The molecule has 1 aromatic heterocycles. The highest BCUT2D eigenvalue weighted by Crippen LogP contribution is 2.27. The van der Waals surface area contributed by atoms with Gasteiger partial charge in [-0.2, -0.15) is 0 Å². The summed E-state index contributed by atoms with van der Waals surface area (Å²) in [5.74, 6) is -0.428. The van der Waals surface area contributed by atoms with Gasteiger partial charge in [-0.05, 0) is 48.6 Å². The van der Waals surface area contributed by atoms with Gasteiger partial charge in [0, 0.05) is 11.9 Å². The average molecular weight is 328 g/mol. The SMILES string of the molecule is Cc1cc(C)cc(Nc2nccc(C3=CSC(C(=O)O)N3)n2)c1. The van der Waals surface area contributed by atoms with Crippen LogP contribution in [0.5, 0.6) is 0 Å². The third-order valence-electron chi connectivity index (χ3n) is 3.24. The van der Waals surface area contributed by atoms with Crippen molar-refractivity contribution in [2.75, 3.05) is 5.32 Å². The second-order valence-electron chi connectivity index (χ2n) is 5.30. The molecule has 23 heavy (non-hydrogen) atoms. The molecular formula is C16H16N4O2S.